The number of nitrogens with zero attached hydrogens (tertiary/aromatic N) is 1. The molecule has 1 N–H and O–H groups in total. The first-order valence-corrected chi connectivity index (χ1v) is 7.29. The molecule has 1 aromatic carbocycles. The number of methoxy groups -OCH3 is 1. The molecule has 1 aromatic rings. The summed E-state index contributed by atoms with van der Waals surface area (Å²) in [6, 6.07) is 3.09. The summed E-state index contributed by atoms with van der Waals surface area (Å²) in [5, 5.41) is 2.74. The highest BCUT2D eigenvalue weighted by Gasteiger charge is 2.23. The number of anilines is 1. The van der Waals surface area contributed by atoms with Crippen LogP contribution in [0.25, 0.3) is 0 Å². The van der Waals surface area contributed by atoms with Crippen LogP contribution < -0.4 is 14.8 Å². The summed E-state index contributed by atoms with van der Waals surface area (Å²) in [6.07, 6.45) is 0. The molecule has 0 saturated carbocycles. The Kier molecular flexibility index (Phi) is 4.63. The van der Waals surface area contributed by atoms with Crippen LogP contribution >= 0.6 is 0 Å². The minimum atomic E-state index is -0.551. The van der Waals surface area contributed by atoms with Crippen LogP contribution in [0.3, 0.4) is 0 Å². The average Bonchev–Trinajstić information content (AvgIpc) is 3.01. The number of hydrogen-bond acceptors (Lipinski definition) is 7. The Bertz CT molecular complexity index is 612. The van der Waals surface area contributed by atoms with E-state index in [1.54, 1.807) is 6.07 Å². The molecule has 1 fully saturated rings. The quantitative estimate of drug-likeness (QED) is 0.807. The van der Waals surface area contributed by atoms with Gasteiger partial charge in [0, 0.05) is 25.2 Å². The lowest BCUT2D eigenvalue weighted by atomic mass is 10.1. The van der Waals surface area contributed by atoms with Gasteiger partial charge in [-0.1, -0.05) is 0 Å². The van der Waals surface area contributed by atoms with E-state index in [0.717, 1.165) is 0 Å². The molecule has 2 aliphatic rings. The van der Waals surface area contributed by atoms with Crippen LogP contribution in [0, 0.1) is 0 Å². The highest BCUT2D eigenvalue weighted by molar-refractivity contribution is 6.02. The molecule has 124 valence electrons. The molecule has 1 saturated heterocycles. The zero-order valence-electron chi connectivity index (χ0n) is 12.8. The molecule has 0 radical (unpaired) electrons. The van der Waals surface area contributed by atoms with E-state index >= 15 is 0 Å². The SMILES string of the molecule is COC(=O)c1cc2c(cc1NC(=O)CN1CCOCC1)OCO2. The van der Waals surface area contributed by atoms with Gasteiger partial charge in [0.2, 0.25) is 12.7 Å². The second kappa shape index (κ2) is 6.84. The third-order valence-corrected chi connectivity index (χ3v) is 3.66. The molecule has 23 heavy (non-hydrogen) atoms. The molecule has 1 amide bonds. The second-order valence-electron chi connectivity index (χ2n) is 5.18. The van der Waals surface area contributed by atoms with Gasteiger partial charge in [0.05, 0.1) is 38.1 Å². The normalized spacial score (nSPS) is 16.9. The standard InChI is InChI=1S/C15H18N2O6/c1-20-15(19)10-6-12-13(23-9-22-12)7-11(10)16-14(18)8-17-2-4-21-5-3-17/h6-7H,2-5,8-9H2,1H3,(H,16,18). The second-order valence-corrected chi connectivity index (χ2v) is 5.18. The van der Waals surface area contributed by atoms with E-state index in [0.29, 0.717) is 43.5 Å². The van der Waals surface area contributed by atoms with Crippen LogP contribution in [-0.4, -0.2) is 63.5 Å². The summed E-state index contributed by atoms with van der Waals surface area (Å²) < 4.78 is 20.5. The summed E-state index contributed by atoms with van der Waals surface area (Å²) in [5.74, 6) is 0.178. The fraction of sp³-hybridized carbons (Fsp3) is 0.467. The van der Waals surface area contributed by atoms with Crippen molar-refractivity contribution in [3.05, 3.63) is 17.7 Å². The molecule has 0 aliphatic carbocycles. The van der Waals surface area contributed by atoms with Crippen molar-refractivity contribution < 1.29 is 28.5 Å². The van der Waals surface area contributed by atoms with Gasteiger partial charge in [0.25, 0.3) is 0 Å². The van der Waals surface area contributed by atoms with E-state index in [2.05, 4.69) is 5.32 Å². The molecule has 8 heteroatoms. The largest absolute Gasteiger partial charge is 0.465 e. The minimum absolute atomic E-state index is 0.0844. The smallest absolute Gasteiger partial charge is 0.340 e. The van der Waals surface area contributed by atoms with Crippen molar-refractivity contribution in [1.82, 2.24) is 4.90 Å². The lowest BCUT2D eigenvalue weighted by Gasteiger charge is -2.25. The lowest BCUT2D eigenvalue weighted by Crippen LogP contribution is -2.41. The molecule has 0 aromatic heterocycles. The fourth-order valence-corrected chi connectivity index (χ4v) is 2.48. The predicted octanol–water partition coefficient (Wildman–Crippen LogP) is 0.473. The van der Waals surface area contributed by atoms with Crippen LogP contribution in [-0.2, 0) is 14.3 Å². The highest BCUT2D eigenvalue weighted by atomic mass is 16.7. The van der Waals surface area contributed by atoms with Crippen LogP contribution in [0.4, 0.5) is 5.69 Å². The first-order chi connectivity index (χ1) is 11.2. The van der Waals surface area contributed by atoms with Gasteiger partial charge in [-0.2, -0.15) is 0 Å². The van der Waals surface area contributed by atoms with E-state index in [4.69, 9.17) is 18.9 Å². The Morgan fingerprint density at radius 1 is 1.22 bits per heavy atom. The molecular weight excluding hydrogens is 304 g/mol. The predicted molar refractivity (Wildman–Crippen MR) is 79.8 cm³/mol. The molecule has 0 atom stereocenters. The number of carbonyl (C=O) groups is 2. The van der Waals surface area contributed by atoms with E-state index < -0.39 is 5.97 Å². The Labute approximate surface area is 133 Å². The summed E-state index contributed by atoms with van der Waals surface area (Å²) in [5.41, 5.74) is 0.575. The number of fused-ring (bicyclic) bond motifs is 1. The van der Waals surface area contributed by atoms with Gasteiger partial charge in [-0.3, -0.25) is 9.69 Å². The van der Waals surface area contributed by atoms with Crippen molar-refractivity contribution in [3.8, 4) is 11.5 Å². The zero-order chi connectivity index (χ0) is 16.2. The van der Waals surface area contributed by atoms with E-state index in [1.165, 1.54) is 13.2 Å². The topological polar surface area (TPSA) is 86.3 Å². The van der Waals surface area contributed by atoms with E-state index in [9.17, 15) is 9.59 Å². The van der Waals surface area contributed by atoms with Crippen LogP contribution in [0.2, 0.25) is 0 Å². The number of ether oxygens (including phenoxy) is 4. The van der Waals surface area contributed by atoms with Gasteiger partial charge < -0.3 is 24.3 Å². The van der Waals surface area contributed by atoms with Crippen LogP contribution in [0.5, 0.6) is 11.5 Å². The molecule has 0 unspecified atom stereocenters. The summed E-state index contributed by atoms with van der Waals surface area (Å²) in [7, 11) is 1.28. The Hall–Kier alpha value is -2.32. The minimum Gasteiger partial charge on any atom is -0.465 e. The molecule has 8 nitrogen and oxygen atoms in total. The Morgan fingerprint density at radius 2 is 1.91 bits per heavy atom. The number of hydrogen-bond donors (Lipinski definition) is 1. The number of amides is 1. The maximum atomic E-state index is 12.2. The van der Waals surface area contributed by atoms with Gasteiger partial charge in [0.15, 0.2) is 11.5 Å². The number of nitrogens with one attached hydrogen (secondary N) is 1. The van der Waals surface area contributed by atoms with Crippen LogP contribution in [0.1, 0.15) is 10.4 Å². The van der Waals surface area contributed by atoms with Crippen molar-refractivity contribution in [2.75, 3.05) is 52.1 Å². The number of carbonyl (C=O) groups excluding carboxylic acids is 2. The fourth-order valence-electron chi connectivity index (χ4n) is 2.48. The van der Waals surface area contributed by atoms with Gasteiger partial charge >= 0.3 is 5.97 Å². The maximum Gasteiger partial charge on any atom is 0.340 e. The molecule has 0 bridgehead atoms. The maximum absolute atomic E-state index is 12.2. The average molecular weight is 322 g/mol. The van der Waals surface area contributed by atoms with Crippen molar-refractivity contribution >= 4 is 17.6 Å². The third-order valence-electron chi connectivity index (χ3n) is 3.66. The van der Waals surface area contributed by atoms with E-state index in [-0.39, 0.29) is 24.8 Å². The molecule has 0 spiro atoms. The molecular formula is C15H18N2O6. The van der Waals surface area contributed by atoms with Crippen LogP contribution in [0.15, 0.2) is 12.1 Å². The van der Waals surface area contributed by atoms with Crippen molar-refractivity contribution in [2.24, 2.45) is 0 Å². The van der Waals surface area contributed by atoms with Crippen molar-refractivity contribution in [3.63, 3.8) is 0 Å². The Balaban J connectivity index is 1.75. The monoisotopic (exact) mass is 322 g/mol. The summed E-state index contributed by atoms with van der Waals surface area (Å²) >= 11 is 0. The first-order valence-electron chi connectivity index (χ1n) is 7.29. The third kappa shape index (κ3) is 3.54. The lowest BCUT2D eigenvalue weighted by molar-refractivity contribution is -0.118. The number of benzene rings is 1. The molecule has 3 rings (SSSR count). The molecule has 2 heterocycles. The zero-order valence-corrected chi connectivity index (χ0v) is 12.8. The molecule has 2 aliphatic heterocycles. The Morgan fingerprint density at radius 3 is 2.61 bits per heavy atom. The van der Waals surface area contributed by atoms with Gasteiger partial charge in [-0.15, -0.1) is 0 Å². The summed E-state index contributed by atoms with van der Waals surface area (Å²) in [6.45, 7) is 2.96. The number of esters is 1. The van der Waals surface area contributed by atoms with Crippen molar-refractivity contribution in [2.45, 2.75) is 0 Å². The summed E-state index contributed by atoms with van der Waals surface area (Å²) in [4.78, 5) is 26.1. The highest BCUT2D eigenvalue weighted by Crippen LogP contribution is 2.37. The number of morpholine rings is 1. The number of rotatable bonds is 4. The first kappa shape index (κ1) is 15.6. The van der Waals surface area contributed by atoms with Gasteiger partial charge in [0.1, 0.15) is 0 Å². The van der Waals surface area contributed by atoms with E-state index in [1.807, 2.05) is 4.90 Å². The van der Waals surface area contributed by atoms with Crippen molar-refractivity contribution in [1.29, 1.82) is 0 Å². The van der Waals surface area contributed by atoms with Gasteiger partial charge in [-0.05, 0) is 0 Å². The van der Waals surface area contributed by atoms with Gasteiger partial charge in [-0.25, -0.2) is 4.79 Å².